The van der Waals surface area contributed by atoms with Gasteiger partial charge in [-0.25, -0.2) is 4.98 Å². The summed E-state index contributed by atoms with van der Waals surface area (Å²) in [6.45, 7) is 8.11. The number of nitrogens with zero attached hydrogens (tertiary/aromatic N) is 1. The molecule has 0 saturated carbocycles. The standard InChI is InChI=1S/C17H17BClNO3/c1-16(2)17(3,4)23-18(22-16)11-9-13(19)20-15-14(11)10-7-5-6-8-12(10)21-15/h5-9H,1-4H3. The second-order valence-electron chi connectivity index (χ2n) is 6.90. The number of para-hydroxylation sites is 1. The Balaban J connectivity index is 1.97. The van der Waals surface area contributed by atoms with Gasteiger partial charge in [-0.2, -0.15) is 0 Å². The van der Waals surface area contributed by atoms with E-state index in [4.69, 9.17) is 25.3 Å². The number of hydrogen-bond acceptors (Lipinski definition) is 4. The molecule has 3 heterocycles. The molecule has 6 heteroatoms. The van der Waals surface area contributed by atoms with Crippen molar-refractivity contribution in [3.63, 3.8) is 0 Å². The molecule has 118 valence electrons. The summed E-state index contributed by atoms with van der Waals surface area (Å²) in [6, 6.07) is 9.62. The minimum absolute atomic E-state index is 0.362. The lowest BCUT2D eigenvalue weighted by Crippen LogP contribution is -2.41. The lowest BCUT2D eigenvalue weighted by atomic mass is 9.77. The first-order valence-electron chi connectivity index (χ1n) is 7.62. The highest BCUT2D eigenvalue weighted by Gasteiger charge is 2.52. The summed E-state index contributed by atoms with van der Waals surface area (Å²) < 4.78 is 18.2. The number of rotatable bonds is 1. The van der Waals surface area contributed by atoms with Crippen LogP contribution in [-0.4, -0.2) is 23.3 Å². The summed E-state index contributed by atoms with van der Waals surface area (Å²) in [5.74, 6) is 0. The van der Waals surface area contributed by atoms with E-state index in [2.05, 4.69) is 4.98 Å². The van der Waals surface area contributed by atoms with Crippen molar-refractivity contribution in [1.82, 2.24) is 4.98 Å². The molecule has 4 nitrogen and oxygen atoms in total. The maximum absolute atomic E-state index is 6.19. The first-order valence-corrected chi connectivity index (χ1v) is 8.00. The van der Waals surface area contributed by atoms with E-state index < -0.39 is 18.3 Å². The van der Waals surface area contributed by atoms with Crippen LogP contribution in [0.25, 0.3) is 22.1 Å². The highest BCUT2D eigenvalue weighted by molar-refractivity contribution is 6.66. The van der Waals surface area contributed by atoms with Gasteiger partial charge in [-0.15, -0.1) is 0 Å². The van der Waals surface area contributed by atoms with Crippen LogP contribution >= 0.6 is 11.6 Å². The fourth-order valence-electron chi connectivity index (χ4n) is 2.88. The largest absolute Gasteiger partial charge is 0.495 e. The molecule has 23 heavy (non-hydrogen) atoms. The third-order valence-electron chi connectivity index (χ3n) is 4.86. The molecule has 1 saturated heterocycles. The molecule has 1 aliphatic heterocycles. The second-order valence-corrected chi connectivity index (χ2v) is 7.29. The van der Waals surface area contributed by atoms with E-state index >= 15 is 0 Å². The quantitative estimate of drug-likeness (QED) is 0.501. The minimum Gasteiger partial charge on any atom is -0.438 e. The highest BCUT2D eigenvalue weighted by Crippen LogP contribution is 2.38. The number of benzene rings is 1. The lowest BCUT2D eigenvalue weighted by Gasteiger charge is -2.32. The predicted octanol–water partition coefficient (Wildman–Crippen LogP) is 3.93. The molecule has 0 radical (unpaired) electrons. The first kappa shape index (κ1) is 15.0. The van der Waals surface area contributed by atoms with Crippen LogP contribution in [0.4, 0.5) is 0 Å². The topological polar surface area (TPSA) is 44.5 Å². The molecule has 0 amide bonds. The van der Waals surface area contributed by atoms with Gasteiger partial charge >= 0.3 is 7.12 Å². The maximum Gasteiger partial charge on any atom is 0.495 e. The summed E-state index contributed by atoms with van der Waals surface area (Å²) in [7, 11) is -0.510. The van der Waals surface area contributed by atoms with Crippen molar-refractivity contribution in [2.75, 3.05) is 0 Å². The second kappa shape index (κ2) is 4.73. The average molecular weight is 330 g/mol. The van der Waals surface area contributed by atoms with E-state index in [0.29, 0.717) is 10.9 Å². The Morgan fingerprint density at radius 1 is 1.04 bits per heavy atom. The monoisotopic (exact) mass is 329 g/mol. The van der Waals surface area contributed by atoms with Crippen molar-refractivity contribution in [1.29, 1.82) is 0 Å². The van der Waals surface area contributed by atoms with Crippen molar-refractivity contribution >= 4 is 46.3 Å². The summed E-state index contributed by atoms with van der Waals surface area (Å²) in [4.78, 5) is 4.31. The Morgan fingerprint density at radius 3 is 2.39 bits per heavy atom. The van der Waals surface area contributed by atoms with E-state index in [-0.39, 0.29) is 0 Å². The fourth-order valence-corrected chi connectivity index (χ4v) is 3.07. The van der Waals surface area contributed by atoms with Gasteiger partial charge in [0.1, 0.15) is 10.7 Å². The zero-order valence-electron chi connectivity index (χ0n) is 13.5. The number of halogens is 1. The summed E-state index contributed by atoms with van der Waals surface area (Å²) in [5, 5.41) is 2.24. The van der Waals surface area contributed by atoms with E-state index in [9.17, 15) is 0 Å². The maximum atomic E-state index is 6.19. The van der Waals surface area contributed by atoms with Crippen molar-refractivity contribution in [3.8, 4) is 0 Å². The summed E-state index contributed by atoms with van der Waals surface area (Å²) in [6.07, 6.45) is 0. The first-order chi connectivity index (χ1) is 10.8. The molecule has 0 aliphatic carbocycles. The number of aromatic nitrogens is 1. The number of pyridine rings is 1. The fraction of sp³-hybridized carbons (Fsp3) is 0.353. The van der Waals surface area contributed by atoms with Crippen LogP contribution in [0, 0.1) is 0 Å². The molecule has 1 aliphatic rings. The Bertz CT molecular complexity index is 903. The van der Waals surface area contributed by atoms with Gasteiger partial charge in [-0.3, -0.25) is 0 Å². The van der Waals surface area contributed by atoms with Crippen LogP contribution in [0.15, 0.2) is 34.7 Å². The van der Waals surface area contributed by atoms with Gasteiger partial charge in [0.2, 0.25) is 5.71 Å². The lowest BCUT2D eigenvalue weighted by molar-refractivity contribution is 0.00578. The summed E-state index contributed by atoms with van der Waals surface area (Å²) >= 11 is 6.19. The van der Waals surface area contributed by atoms with Crippen LogP contribution in [0.1, 0.15) is 27.7 Å². The van der Waals surface area contributed by atoms with E-state index in [0.717, 1.165) is 21.8 Å². The number of hydrogen-bond donors (Lipinski definition) is 0. The Hall–Kier alpha value is -1.56. The molecule has 0 atom stereocenters. The van der Waals surface area contributed by atoms with Gasteiger partial charge < -0.3 is 13.7 Å². The van der Waals surface area contributed by atoms with Gasteiger partial charge in [0.25, 0.3) is 0 Å². The zero-order chi connectivity index (χ0) is 16.4. The highest BCUT2D eigenvalue weighted by atomic mass is 35.5. The van der Waals surface area contributed by atoms with Crippen LogP contribution in [0.5, 0.6) is 0 Å². The average Bonchev–Trinajstić information content (AvgIpc) is 2.92. The Morgan fingerprint density at radius 2 is 1.70 bits per heavy atom. The number of fused-ring (bicyclic) bond motifs is 3. The molecule has 0 bridgehead atoms. The molecule has 1 aromatic carbocycles. The Kier molecular flexibility index (Phi) is 3.08. The predicted molar refractivity (Wildman–Crippen MR) is 92.2 cm³/mol. The van der Waals surface area contributed by atoms with Gasteiger partial charge in [0.15, 0.2) is 0 Å². The van der Waals surface area contributed by atoms with Crippen molar-refractivity contribution in [2.45, 2.75) is 38.9 Å². The minimum atomic E-state index is -0.510. The molecule has 0 spiro atoms. The van der Waals surface area contributed by atoms with Gasteiger partial charge in [0.05, 0.1) is 11.2 Å². The van der Waals surface area contributed by atoms with Crippen molar-refractivity contribution < 1.29 is 13.7 Å². The summed E-state index contributed by atoms with van der Waals surface area (Å²) in [5.41, 5.74) is 1.29. The van der Waals surface area contributed by atoms with Crippen molar-refractivity contribution in [3.05, 3.63) is 35.5 Å². The number of furan rings is 1. The molecule has 0 N–H and O–H groups in total. The molecule has 0 unspecified atom stereocenters. The molecule has 4 rings (SSSR count). The van der Waals surface area contributed by atoms with E-state index in [1.54, 1.807) is 6.07 Å². The smallest absolute Gasteiger partial charge is 0.438 e. The van der Waals surface area contributed by atoms with Gasteiger partial charge in [0, 0.05) is 10.8 Å². The van der Waals surface area contributed by atoms with Crippen LogP contribution in [-0.2, 0) is 9.31 Å². The van der Waals surface area contributed by atoms with Gasteiger partial charge in [-0.05, 0) is 45.3 Å². The Labute approximate surface area is 139 Å². The molecule has 1 fully saturated rings. The SMILES string of the molecule is CC1(C)OB(c2cc(Cl)nc3oc4ccccc4c23)OC1(C)C. The third-order valence-corrected chi connectivity index (χ3v) is 5.05. The zero-order valence-corrected chi connectivity index (χ0v) is 14.3. The van der Waals surface area contributed by atoms with Crippen LogP contribution in [0.2, 0.25) is 5.15 Å². The molecule has 2 aromatic heterocycles. The van der Waals surface area contributed by atoms with E-state index in [1.165, 1.54) is 0 Å². The van der Waals surface area contributed by atoms with E-state index in [1.807, 2.05) is 52.0 Å². The van der Waals surface area contributed by atoms with Crippen LogP contribution in [0.3, 0.4) is 0 Å². The van der Waals surface area contributed by atoms with Gasteiger partial charge in [-0.1, -0.05) is 29.8 Å². The third kappa shape index (κ3) is 2.18. The molecular weight excluding hydrogens is 312 g/mol. The normalized spacial score (nSPS) is 19.8. The van der Waals surface area contributed by atoms with Crippen molar-refractivity contribution in [2.24, 2.45) is 0 Å². The van der Waals surface area contributed by atoms with Crippen LogP contribution < -0.4 is 5.46 Å². The molecule has 3 aromatic rings. The molecular formula is C17H17BClNO3.